The van der Waals surface area contributed by atoms with Crippen LogP contribution in [0.3, 0.4) is 0 Å². The monoisotopic (exact) mass is 353 g/mol. The van der Waals surface area contributed by atoms with Gasteiger partial charge >= 0.3 is 0 Å². The lowest BCUT2D eigenvalue weighted by Crippen LogP contribution is -2.41. The minimum atomic E-state index is -0.294. The fourth-order valence-electron chi connectivity index (χ4n) is 3.44. The van der Waals surface area contributed by atoms with Crippen LogP contribution >= 0.6 is 0 Å². The van der Waals surface area contributed by atoms with E-state index in [4.69, 9.17) is 10.5 Å². The molecule has 2 N–H and O–H groups in total. The first-order chi connectivity index (χ1) is 12.6. The lowest BCUT2D eigenvalue weighted by atomic mass is 10.1. The molecule has 0 spiro atoms. The molecule has 1 aromatic heterocycles. The number of benzene rings is 2. The highest BCUT2D eigenvalue weighted by Gasteiger charge is 2.21. The molecule has 1 saturated heterocycles. The zero-order chi connectivity index (χ0) is 18.1. The van der Waals surface area contributed by atoms with Gasteiger partial charge in [-0.25, -0.2) is 4.39 Å². The van der Waals surface area contributed by atoms with Crippen LogP contribution in [0.5, 0.6) is 0 Å². The Labute approximate surface area is 150 Å². The average molecular weight is 353 g/mol. The molecule has 3 aromatic rings. The second-order valence-electron chi connectivity index (χ2n) is 6.40. The third-order valence-electron chi connectivity index (χ3n) is 4.77. The van der Waals surface area contributed by atoms with Crippen LogP contribution in [0.15, 0.2) is 53.3 Å². The summed E-state index contributed by atoms with van der Waals surface area (Å²) in [6.45, 7) is 2.77. The number of pyridine rings is 1. The summed E-state index contributed by atoms with van der Waals surface area (Å²) in [4.78, 5) is 15.3. The summed E-state index contributed by atoms with van der Waals surface area (Å²) >= 11 is 0. The van der Waals surface area contributed by atoms with Crippen molar-refractivity contribution in [3.8, 4) is 0 Å². The van der Waals surface area contributed by atoms with E-state index < -0.39 is 0 Å². The van der Waals surface area contributed by atoms with Crippen molar-refractivity contribution in [3.63, 3.8) is 0 Å². The molecular formula is C20H20FN3O2. The third kappa shape index (κ3) is 2.93. The molecule has 0 unspecified atom stereocenters. The van der Waals surface area contributed by atoms with Crippen molar-refractivity contribution in [1.82, 2.24) is 4.57 Å². The molecule has 0 aliphatic carbocycles. The molecule has 134 valence electrons. The maximum Gasteiger partial charge on any atom is 0.277 e. The van der Waals surface area contributed by atoms with Gasteiger partial charge < -0.3 is 19.9 Å². The van der Waals surface area contributed by atoms with Gasteiger partial charge in [0, 0.05) is 18.5 Å². The number of para-hydroxylation sites is 1. The van der Waals surface area contributed by atoms with Crippen molar-refractivity contribution in [2.75, 3.05) is 36.9 Å². The molecule has 0 saturated carbocycles. The van der Waals surface area contributed by atoms with Gasteiger partial charge in [0.2, 0.25) is 0 Å². The number of nitrogens with zero attached hydrogens (tertiary/aromatic N) is 2. The van der Waals surface area contributed by atoms with Crippen molar-refractivity contribution in [2.45, 2.75) is 6.54 Å². The van der Waals surface area contributed by atoms with Crippen LogP contribution in [0.4, 0.5) is 15.8 Å². The number of aromatic nitrogens is 1. The van der Waals surface area contributed by atoms with Gasteiger partial charge in [0.05, 0.1) is 31.0 Å². The molecule has 2 heterocycles. The van der Waals surface area contributed by atoms with Crippen LogP contribution in [-0.4, -0.2) is 30.9 Å². The highest BCUT2D eigenvalue weighted by Crippen LogP contribution is 2.29. The molecular weight excluding hydrogens is 333 g/mol. The average Bonchev–Trinajstić information content (AvgIpc) is 2.68. The molecule has 5 nitrogen and oxygen atoms in total. The molecule has 1 fully saturated rings. The molecule has 1 aliphatic rings. The number of ether oxygens (including phenoxy) is 1. The Morgan fingerprint density at radius 2 is 1.73 bits per heavy atom. The lowest BCUT2D eigenvalue weighted by molar-refractivity contribution is 0.122. The summed E-state index contributed by atoms with van der Waals surface area (Å²) in [5.41, 5.74) is 8.91. The first-order valence-corrected chi connectivity index (χ1v) is 8.63. The third-order valence-corrected chi connectivity index (χ3v) is 4.77. The summed E-state index contributed by atoms with van der Waals surface area (Å²) < 4.78 is 20.3. The van der Waals surface area contributed by atoms with Crippen LogP contribution in [0.1, 0.15) is 5.56 Å². The number of nitrogens with two attached hydrogens (primary N) is 1. The predicted octanol–water partition coefficient (Wildman–Crippen LogP) is 2.61. The standard InChI is InChI=1S/C20H20FN3O2/c21-15-7-5-14(6-8-15)13-24-17-4-2-1-3-16(17)18(22)19(20(24)25)23-9-11-26-12-10-23/h1-8H,9-13,22H2. The van der Waals surface area contributed by atoms with Gasteiger partial charge in [0.1, 0.15) is 11.5 Å². The van der Waals surface area contributed by atoms with Crippen LogP contribution in [0, 0.1) is 5.82 Å². The minimum absolute atomic E-state index is 0.132. The number of fused-ring (bicyclic) bond motifs is 1. The van der Waals surface area contributed by atoms with E-state index in [-0.39, 0.29) is 11.4 Å². The van der Waals surface area contributed by atoms with Crippen LogP contribution in [-0.2, 0) is 11.3 Å². The number of anilines is 2. The van der Waals surface area contributed by atoms with E-state index in [9.17, 15) is 9.18 Å². The highest BCUT2D eigenvalue weighted by molar-refractivity contribution is 5.96. The maximum atomic E-state index is 13.3. The zero-order valence-corrected chi connectivity index (χ0v) is 14.3. The molecule has 1 aliphatic heterocycles. The molecule has 0 amide bonds. The largest absolute Gasteiger partial charge is 0.396 e. The fourth-order valence-corrected chi connectivity index (χ4v) is 3.44. The van der Waals surface area contributed by atoms with E-state index in [1.54, 1.807) is 16.7 Å². The summed E-state index contributed by atoms with van der Waals surface area (Å²) in [5.74, 6) is -0.294. The van der Waals surface area contributed by atoms with Gasteiger partial charge in [0.25, 0.3) is 5.56 Å². The predicted molar refractivity (Wildman–Crippen MR) is 101 cm³/mol. The minimum Gasteiger partial charge on any atom is -0.396 e. The summed E-state index contributed by atoms with van der Waals surface area (Å²) in [6, 6.07) is 13.8. The second kappa shape index (κ2) is 6.80. The van der Waals surface area contributed by atoms with E-state index >= 15 is 0 Å². The van der Waals surface area contributed by atoms with Crippen molar-refractivity contribution in [1.29, 1.82) is 0 Å². The fraction of sp³-hybridized carbons (Fsp3) is 0.250. The second-order valence-corrected chi connectivity index (χ2v) is 6.40. The van der Waals surface area contributed by atoms with Gasteiger partial charge in [-0.15, -0.1) is 0 Å². The molecule has 26 heavy (non-hydrogen) atoms. The first kappa shape index (κ1) is 16.6. The van der Waals surface area contributed by atoms with Crippen molar-refractivity contribution < 1.29 is 9.13 Å². The smallest absolute Gasteiger partial charge is 0.277 e. The Morgan fingerprint density at radius 3 is 2.46 bits per heavy atom. The van der Waals surface area contributed by atoms with Crippen molar-refractivity contribution in [3.05, 3.63) is 70.3 Å². The van der Waals surface area contributed by atoms with Gasteiger partial charge in [-0.3, -0.25) is 4.79 Å². The van der Waals surface area contributed by atoms with Gasteiger partial charge in [0.15, 0.2) is 0 Å². The number of halogens is 1. The SMILES string of the molecule is Nc1c(N2CCOCC2)c(=O)n(Cc2ccc(F)cc2)c2ccccc12. The molecule has 2 aromatic carbocycles. The van der Waals surface area contributed by atoms with Crippen molar-refractivity contribution in [2.24, 2.45) is 0 Å². The lowest BCUT2D eigenvalue weighted by Gasteiger charge is -2.30. The Bertz CT molecular complexity index is 992. The first-order valence-electron chi connectivity index (χ1n) is 8.63. The number of nitrogen functional groups attached to an aromatic ring is 1. The molecule has 4 rings (SSSR count). The zero-order valence-electron chi connectivity index (χ0n) is 14.3. The van der Waals surface area contributed by atoms with Crippen LogP contribution < -0.4 is 16.2 Å². The number of morpholine rings is 1. The number of hydrogen-bond donors (Lipinski definition) is 1. The van der Waals surface area contributed by atoms with Crippen LogP contribution in [0.2, 0.25) is 0 Å². The van der Waals surface area contributed by atoms with E-state index in [1.165, 1.54) is 12.1 Å². The number of rotatable bonds is 3. The van der Waals surface area contributed by atoms with E-state index in [0.29, 0.717) is 44.2 Å². The quantitative estimate of drug-likeness (QED) is 0.786. The van der Waals surface area contributed by atoms with E-state index in [1.807, 2.05) is 29.2 Å². The molecule has 0 bridgehead atoms. The maximum absolute atomic E-state index is 13.3. The Hall–Kier alpha value is -2.86. The van der Waals surface area contributed by atoms with E-state index in [0.717, 1.165) is 16.5 Å². The van der Waals surface area contributed by atoms with Crippen molar-refractivity contribution >= 4 is 22.3 Å². The van der Waals surface area contributed by atoms with Gasteiger partial charge in [-0.1, -0.05) is 30.3 Å². The van der Waals surface area contributed by atoms with E-state index in [2.05, 4.69) is 0 Å². The highest BCUT2D eigenvalue weighted by atomic mass is 19.1. The Balaban J connectivity index is 1.90. The summed E-state index contributed by atoms with van der Waals surface area (Å²) in [6.07, 6.45) is 0. The van der Waals surface area contributed by atoms with Gasteiger partial charge in [-0.05, 0) is 23.8 Å². The Kier molecular flexibility index (Phi) is 4.34. The topological polar surface area (TPSA) is 60.5 Å². The Morgan fingerprint density at radius 1 is 1.04 bits per heavy atom. The van der Waals surface area contributed by atoms with Gasteiger partial charge in [-0.2, -0.15) is 0 Å². The molecule has 6 heteroatoms. The summed E-state index contributed by atoms with van der Waals surface area (Å²) in [7, 11) is 0. The molecule has 0 atom stereocenters. The summed E-state index contributed by atoms with van der Waals surface area (Å²) in [5, 5.41) is 0.843. The number of hydrogen-bond acceptors (Lipinski definition) is 4. The van der Waals surface area contributed by atoms with Crippen LogP contribution in [0.25, 0.3) is 10.9 Å². The normalized spacial score (nSPS) is 14.7. The molecule has 0 radical (unpaired) electrons.